The van der Waals surface area contributed by atoms with Crippen LogP contribution < -0.4 is 26.6 Å². The number of carbonyl (C=O) groups excluding carboxylic acids is 5. The van der Waals surface area contributed by atoms with Gasteiger partial charge >= 0.3 is 0 Å². The summed E-state index contributed by atoms with van der Waals surface area (Å²) in [5.74, 6) is -0.0988. The second kappa shape index (κ2) is 33.5. The van der Waals surface area contributed by atoms with E-state index in [4.69, 9.17) is 0 Å². The minimum Gasteiger partial charge on any atom is -0.462 e. The average molecular weight is 956 g/mol. The highest BCUT2D eigenvalue weighted by Crippen LogP contribution is 2.05. The Morgan fingerprint density at radius 3 is 0.672 bits per heavy atom. The first-order valence-electron chi connectivity index (χ1n) is 25.0. The predicted molar refractivity (Wildman–Crippen MR) is 273 cm³/mol. The third-order valence-corrected chi connectivity index (χ3v) is 11.2. The average Bonchev–Trinajstić information content (AvgIpc) is 3.19. The van der Waals surface area contributed by atoms with Crippen LogP contribution in [-0.4, -0.2) is 276 Å². The van der Waals surface area contributed by atoms with E-state index in [-0.39, 0.29) is 29.5 Å². The molecule has 0 bridgehead atoms. The van der Waals surface area contributed by atoms with Gasteiger partial charge in [0, 0.05) is 198 Å². The minimum absolute atomic E-state index is 0.00907. The molecule has 0 saturated carbocycles. The molecule has 5 amide bonds. The highest BCUT2D eigenvalue weighted by Gasteiger charge is 2.18. The smallest absolute Gasteiger partial charge is 0.221 e. The van der Waals surface area contributed by atoms with Crippen LogP contribution in [0.2, 0.25) is 0 Å². The molecule has 394 valence electrons. The first kappa shape index (κ1) is 64.0. The van der Waals surface area contributed by atoms with Gasteiger partial charge in [0.1, 0.15) is 0 Å². The predicted octanol–water partition coefficient (Wildman–Crippen LogP) is 0.391. The number of hydrogen-bond acceptors (Lipinski definition) is 8. The molecule has 0 aliphatic rings. The number of nitrogens with zero attached hydrogens (tertiary/aromatic N) is 8. The van der Waals surface area contributed by atoms with Crippen molar-refractivity contribution in [1.82, 2.24) is 41.3 Å². The standard InChI is InChI=1S/C49H103N13O5/c1-58(2,3)40-16-26-50-45(63)21-31-55(32-22-46(64)51-27-17-41-59(4,5)6)36-38-57(35-25-49(67)54-30-20-44-62(13,14)15)39-37-56(33-23-47(65)52-28-18-42-60(7,8)9)34-24-48(66)53-29-19-43-61(10,11)12/h1,4,13,16-44H2,2-3,5-12,14-15H3,(H3-2,50,51,52,53,54,63,64,65,66,67)/p+2. The van der Waals surface area contributed by atoms with Crippen molar-refractivity contribution < 1.29 is 46.4 Å². The maximum Gasteiger partial charge on any atom is 0.221 e. The van der Waals surface area contributed by atoms with Crippen molar-refractivity contribution in [2.45, 2.75) is 64.2 Å². The fourth-order valence-electron chi connectivity index (χ4n) is 7.08. The molecule has 0 rings (SSSR count). The quantitative estimate of drug-likeness (QED) is 0.0336. The lowest BCUT2D eigenvalue weighted by molar-refractivity contribution is -0.870. The Labute approximate surface area is 410 Å². The Kier molecular flexibility index (Phi) is 32.1. The van der Waals surface area contributed by atoms with Crippen LogP contribution in [0, 0.1) is 21.1 Å². The molecule has 0 unspecified atom stereocenters. The van der Waals surface area contributed by atoms with Crippen molar-refractivity contribution in [2.24, 2.45) is 0 Å². The van der Waals surface area contributed by atoms with Crippen LogP contribution in [0.25, 0.3) is 0 Å². The summed E-state index contributed by atoms with van der Waals surface area (Å²) in [4.78, 5) is 71.8. The third kappa shape index (κ3) is 45.2. The number of nitrogens with one attached hydrogen (secondary N) is 5. The number of rotatable bonds is 41. The summed E-state index contributed by atoms with van der Waals surface area (Å²) < 4.78 is 3.42. The van der Waals surface area contributed by atoms with Gasteiger partial charge in [0.25, 0.3) is 0 Å². The molecule has 0 fully saturated rings. The van der Waals surface area contributed by atoms with E-state index in [0.29, 0.717) is 137 Å². The Balaban J connectivity index is 6.08. The van der Waals surface area contributed by atoms with E-state index in [9.17, 15) is 24.0 Å². The van der Waals surface area contributed by atoms with E-state index in [1.807, 2.05) is 42.3 Å². The third-order valence-electron chi connectivity index (χ3n) is 11.2. The van der Waals surface area contributed by atoms with Gasteiger partial charge in [-0.25, -0.2) is 0 Å². The van der Waals surface area contributed by atoms with Crippen LogP contribution in [0.3, 0.4) is 0 Å². The number of hydrogen-bond donors (Lipinski definition) is 5. The monoisotopic (exact) mass is 956 g/mol. The summed E-state index contributed by atoms with van der Waals surface area (Å²) in [5, 5.41) is 15.3. The van der Waals surface area contributed by atoms with Crippen molar-refractivity contribution in [3.8, 4) is 0 Å². The van der Waals surface area contributed by atoms with Gasteiger partial charge < -0.3 is 63.7 Å². The van der Waals surface area contributed by atoms with Gasteiger partial charge in [0.15, 0.2) is 0 Å². The molecular formula is C49H105N13O5+2. The Hall–Kier alpha value is -2.97. The molecule has 0 aromatic rings. The topological polar surface area (TPSA) is 155 Å². The lowest BCUT2D eigenvalue weighted by Crippen LogP contribution is -2.44. The molecule has 0 radical (unpaired) electrons. The van der Waals surface area contributed by atoms with Crippen molar-refractivity contribution in [3.63, 3.8) is 0 Å². The van der Waals surface area contributed by atoms with Crippen LogP contribution in [0.4, 0.5) is 0 Å². The van der Waals surface area contributed by atoms with E-state index < -0.39 is 0 Å². The van der Waals surface area contributed by atoms with E-state index in [1.165, 1.54) is 0 Å². The zero-order valence-corrected chi connectivity index (χ0v) is 45.2. The van der Waals surface area contributed by atoms with E-state index in [1.54, 1.807) is 0 Å². The Morgan fingerprint density at radius 1 is 0.313 bits per heavy atom. The molecule has 0 saturated heterocycles. The van der Waals surface area contributed by atoms with Crippen LogP contribution in [0.5, 0.6) is 0 Å². The fraction of sp³-hybridized carbons (Fsp3) is 0.837. The van der Waals surface area contributed by atoms with Crippen molar-refractivity contribution in [1.29, 1.82) is 0 Å². The molecule has 18 nitrogen and oxygen atoms in total. The maximum absolute atomic E-state index is 13.1. The number of carbonyl (C=O) groups is 5. The zero-order chi connectivity index (χ0) is 51.2. The minimum atomic E-state index is -0.0299. The summed E-state index contributed by atoms with van der Waals surface area (Å²) in [6.45, 7) is 12.3. The molecule has 0 atom stereocenters. The van der Waals surface area contributed by atoms with Crippen molar-refractivity contribution in [3.05, 3.63) is 21.1 Å². The lowest BCUT2D eigenvalue weighted by Gasteiger charge is -2.32. The zero-order valence-electron chi connectivity index (χ0n) is 45.2. The molecule has 0 aromatic heterocycles. The molecule has 5 N–H and O–H groups in total. The first-order valence-corrected chi connectivity index (χ1v) is 25.0. The van der Waals surface area contributed by atoms with E-state index in [0.717, 1.165) is 73.8 Å². The molecule has 18 heteroatoms. The van der Waals surface area contributed by atoms with E-state index >= 15 is 0 Å². The van der Waals surface area contributed by atoms with Crippen LogP contribution in [0.15, 0.2) is 0 Å². The molecule has 67 heavy (non-hydrogen) atoms. The number of amides is 5. The van der Waals surface area contributed by atoms with Crippen LogP contribution in [0.1, 0.15) is 64.2 Å². The van der Waals surface area contributed by atoms with Gasteiger partial charge in [-0.2, -0.15) is 0 Å². The van der Waals surface area contributed by atoms with Crippen LogP contribution >= 0.6 is 0 Å². The molecule has 0 aliphatic heterocycles. The SMILES string of the molecule is [CH2-][N+](C)(C)CCCNC(=O)CCN(CCC(=O)NCCC[N+]([CH2-])(C)C)CCN(CCC(=O)NCCC[N+]([CH2-])(C)C)CCN(CCC(=O)NCCC[N+](C)(C)C)CCC(=O)NCCC[N+](C)(C)C. The largest absolute Gasteiger partial charge is 0.462 e. The highest BCUT2D eigenvalue weighted by atomic mass is 16.2. The Bertz CT molecular complexity index is 1220. The normalized spacial score (nSPS) is 12.7. The molecule has 0 aliphatic carbocycles. The summed E-state index contributed by atoms with van der Waals surface area (Å²) >= 11 is 0. The highest BCUT2D eigenvalue weighted by molar-refractivity contribution is 5.77. The summed E-state index contributed by atoms with van der Waals surface area (Å²) in [6, 6.07) is 0. The first-order chi connectivity index (χ1) is 30.9. The van der Waals surface area contributed by atoms with Gasteiger partial charge in [-0.05, 0) is 0 Å². The molecular weight excluding hydrogens is 851 g/mol. The second-order valence-corrected chi connectivity index (χ2v) is 22.8. The number of quaternary nitrogens is 5. The summed E-state index contributed by atoms with van der Waals surface area (Å²) in [7, 11) is 37.3. The van der Waals surface area contributed by atoms with Crippen molar-refractivity contribution >= 4 is 29.5 Å². The van der Waals surface area contributed by atoms with Gasteiger partial charge in [-0.3, -0.25) is 24.0 Å². The van der Waals surface area contributed by atoms with Crippen LogP contribution in [-0.2, 0) is 24.0 Å². The second-order valence-electron chi connectivity index (χ2n) is 22.8. The lowest BCUT2D eigenvalue weighted by atomic mass is 10.2. The van der Waals surface area contributed by atoms with Crippen molar-refractivity contribution in [2.75, 3.05) is 209 Å². The summed E-state index contributed by atoms with van der Waals surface area (Å²) in [6.07, 6.45) is 5.79. The van der Waals surface area contributed by atoms with Gasteiger partial charge in [0.2, 0.25) is 29.5 Å². The van der Waals surface area contributed by atoms with Gasteiger partial charge in [-0.1, -0.05) is 0 Å². The summed E-state index contributed by atoms with van der Waals surface area (Å²) in [5.41, 5.74) is 0. The maximum atomic E-state index is 13.1. The fourth-order valence-corrected chi connectivity index (χ4v) is 7.08. The molecule has 0 aromatic carbocycles. The molecule has 0 spiro atoms. The van der Waals surface area contributed by atoms with Gasteiger partial charge in [-0.15, -0.1) is 21.1 Å². The van der Waals surface area contributed by atoms with Gasteiger partial charge in [0.05, 0.1) is 75.0 Å². The Morgan fingerprint density at radius 2 is 0.493 bits per heavy atom. The van der Waals surface area contributed by atoms with E-state index in [2.05, 4.69) is 105 Å². The molecule has 0 heterocycles.